The van der Waals surface area contributed by atoms with E-state index in [-0.39, 0.29) is 21.5 Å². The van der Waals surface area contributed by atoms with Gasteiger partial charge in [0.1, 0.15) is 5.02 Å². The number of nitrogens with zero attached hydrogens (tertiary/aromatic N) is 1. The van der Waals surface area contributed by atoms with Crippen LogP contribution in [0.3, 0.4) is 0 Å². The summed E-state index contributed by atoms with van der Waals surface area (Å²) in [6.07, 6.45) is 0. The predicted octanol–water partition coefficient (Wildman–Crippen LogP) is 2.45. The lowest BCUT2D eigenvalue weighted by Gasteiger charge is -2.08. The van der Waals surface area contributed by atoms with Gasteiger partial charge in [0.25, 0.3) is 0 Å². The molecule has 0 saturated carbocycles. The lowest BCUT2D eigenvalue weighted by molar-refractivity contribution is -0.385. The van der Waals surface area contributed by atoms with E-state index in [4.69, 9.17) is 27.9 Å². The van der Waals surface area contributed by atoms with Gasteiger partial charge >= 0.3 is 11.7 Å². The second-order valence-electron chi connectivity index (χ2n) is 2.83. The number of carbonyl (C=O) groups excluding carboxylic acids is 1. The Bertz CT molecular complexity index is 463. The van der Waals surface area contributed by atoms with Crippen LogP contribution in [-0.2, 0) is 9.53 Å². The van der Waals surface area contributed by atoms with Crippen molar-refractivity contribution in [2.24, 2.45) is 0 Å². The van der Waals surface area contributed by atoms with Crippen molar-refractivity contribution in [3.05, 3.63) is 32.3 Å². The number of esters is 1. The van der Waals surface area contributed by atoms with Crippen molar-refractivity contribution in [1.82, 2.24) is 0 Å². The van der Waals surface area contributed by atoms with Crippen LogP contribution < -0.4 is 4.74 Å². The maximum absolute atomic E-state index is 10.9. The molecule has 0 atom stereocenters. The summed E-state index contributed by atoms with van der Waals surface area (Å²) in [5.74, 6) is -0.940. The second-order valence-corrected chi connectivity index (χ2v) is 3.62. The minimum Gasteiger partial charge on any atom is -0.474 e. The van der Waals surface area contributed by atoms with E-state index in [1.807, 2.05) is 0 Å². The molecule has 0 spiro atoms. The third-order valence-electron chi connectivity index (χ3n) is 1.79. The molecular formula is C9H7Cl2NO5. The molecule has 0 aliphatic heterocycles. The van der Waals surface area contributed by atoms with Gasteiger partial charge in [-0.15, -0.1) is 0 Å². The number of ether oxygens (including phenoxy) is 2. The van der Waals surface area contributed by atoms with E-state index in [0.29, 0.717) is 0 Å². The number of carbonyl (C=O) groups is 1. The van der Waals surface area contributed by atoms with Gasteiger partial charge in [-0.05, 0) is 6.07 Å². The van der Waals surface area contributed by atoms with Gasteiger partial charge in [-0.25, -0.2) is 4.79 Å². The fraction of sp³-hybridized carbons (Fsp3) is 0.222. The normalized spacial score (nSPS) is 9.82. The van der Waals surface area contributed by atoms with E-state index in [0.717, 1.165) is 6.07 Å². The SMILES string of the molecule is COC(=O)COc1c([N+](=O)[O-])ccc(Cl)c1Cl. The van der Waals surface area contributed by atoms with Gasteiger partial charge < -0.3 is 9.47 Å². The van der Waals surface area contributed by atoms with Crippen LogP contribution in [0, 0.1) is 10.1 Å². The van der Waals surface area contributed by atoms with Gasteiger partial charge in [-0.2, -0.15) is 0 Å². The number of hydrogen-bond donors (Lipinski definition) is 0. The molecule has 0 aliphatic carbocycles. The molecule has 8 heteroatoms. The minimum absolute atomic E-state index is 0.0946. The first kappa shape index (κ1) is 13.5. The summed E-state index contributed by atoms with van der Waals surface area (Å²) in [7, 11) is 1.17. The van der Waals surface area contributed by atoms with Gasteiger partial charge in [0, 0.05) is 6.07 Å². The van der Waals surface area contributed by atoms with E-state index in [1.54, 1.807) is 0 Å². The van der Waals surface area contributed by atoms with Gasteiger partial charge in [-0.3, -0.25) is 10.1 Å². The number of hydrogen-bond acceptors (Lipinski definition) is 5. The number of benzene rings is 1. The van der Waals surface area contributed by atoms with Crippen molar-refractivity contribution in [1.29, 1.82) is 0 Å². The van der Waals surface area contributed by atoms with Crippen LogP contribution in [0.5, 0.6) is 5.75 Å². The largest absolute Gasteiger partial charge is 0.474 e. The lowest BCUT2D eigenvalue weighted by Crippen LogP contribution is -2.13. The molecule has 0 aromatic heterocycles. The predicted molar refractivity (Wildman–Crippen MR) is 60.6 cm³/mol. The van der Waals surface area contributed by atoms with Gasteiger partial charge in [-0.1, -0.05) is 23.2 Å². The average Bonchev–Trinajstić information content (AvgIpc) is 2.30. The van der Waals surface area contributed by atoms with Crippen LogP contribution in [0.2, 0.25) is 10.0 Å². The molecule has 0 fully saturated rings. The van der Waals surface area contributed by atoms with E-state index in [9.17, 15) is 14.9 Å². The highest BCUT2D eigenvalue weighted by atomic mass is 35.5. The number of rotatable bonds is 4. The van der Waals surface area contributed by atoms with Crippen LogP contribution in [0.1, 0.15) is 0 Å². The molecule has 6 nitrogen and oxygen atoms in total. The van der Waals surface area contributed by atoms with Gasteiger partial charge in [0.15, 0.2) is 6.61 Å². The zero-order chi connectivity index (χ0) is 13.0. The van der Waals surface area contributed by atoms with Crippen molar-refractivity contribution in [3.63, 3.8) is 0 Å². The fourth-order valence-corrected chi connectivity index (χ4v) is 1.36. The Morgan fingerprint density at radius 2 is 2.12 bits per heavy atom. The monoisotopic (exact) mass is 279 g/mol. The van der Waals surface area contributed by atoms with Crippen LogP contribution >= 0.6 is 23.2 Å². The molecule has 0 heterocycles. The minimum atomic E-state index is -0.686. The summed E-state index contributed by atoms with van der Waals surface area (Å²) >= 11 is 11.4. The molecule has 0 unspecified atom stereocenters. The van der Waals surface area contributed by atoms with Crippen molar-refractivity contribution in [2.75, 3.05) is 13.7 Å². The van der Waals surface area contributed by atoms with Crippen molar-refractivity contribution < 1.29 is 19.2 Å². The maximum Gasteiger partial charge on any atom is 0.343 e. The molecule has 1 aromatic rings. The van der Waals surface area contributed by atoms with Crippen LogP contribution in [0.4, 0.5) is 5.69 Å². The van der Waals surface area contributed by atoms with Gasteiger partial charge in [0.2, 0.25) is 5.75 Å². The van der Waals surface area contributed by atoms with Crippen LogP contribution in [0.25, 0.3) is 0 Å². The number of halogens is 2. The Morgan fingerprint density at radius 1 is 1.47 bits per heavy atom. The van der Waals surface area contributed by atoms with E-state index < -0.39 is 17.5 Å². The highest BCUT2D eigenvalue weighted by Crippen LogP contribution is 2.39. The van der Waals surface area contributed by atoms with E-state index >= 15 is 0 Å². The molecule has 0 amide bonds. The molecule has 92 valence electrons. The smallest absolute Gasteiger partial charge is 0.343 e. The molecule has 1 rings (SSSR count). The zero-order valence-electron chi connectivity index (χ0n) is 8.61. The fourth-order valence-electron chi connectivity index (χ4n) is 0.993. The maximum atomic E-state index is 10.9. The Labute approximate surface area is 106 Å². The summed E-state index contributed by atoms with van der Waals surface area (Å²) < 4.78 is 9.26. The van der Waals surface area contributed by atoms with Crippen molar-refractivity contribution >= 4 is 34.9 Å². The third kappa shape index (κ3) is 3.21. The summed E-state index contributed by atoms with van der Waals surface area (Å²) in [5, 5.41) is 10.7. The molecule has 1 aromatic carbocycles. The quantitative estimate of drug-likeness (QED) is 0.481. The first-order chi connectivity index (χ1) is 7.97. The molecule has 0 bridgehead atoms. The molecule has 0 aliphatic rings. The number of nitro groups is 1. The Kier molecular flexibility index (Phi) is 4.53. The van der Waals surface area contributed by atoms with Crippen LogP contribution in [0.15, 0.2) is 12.1 Å². The number of methoxy groups -OCH3 is 1. The highest BCUT2D eigenvalue weighted by molar-refractivity contribution is 6.43. The summed E-state index contributed by atoms with van der Waals surface area (Å²) in [6, 6.07) is 2.41. The molecular weight excluding hydrogens is 273 g/mol. The molecule has 17 heavy (non-hydrogen) atoms. The topological polar surface area (TPSA) is 78.7 Å². The Balaban J connectivity index is 3.06. The molecule has 0 N–H and O–H groups in total. The molecule has 0 saturated heterocycles. The van der Waals surface area contributed by atoms with Gasteiger partial charge in [0.05, 0.1) is 17.1 Å². The first-order valence-electron chi connectivity index (χ1n) is 4.29. The third-order valence-corrected chi connectivity index (χ3v) is 2.57. The van der Waals surface area contributed by atoms with Crippen molar-refractivity contribution in [2.45, 2.75) is 0 Å². The summed E-state index contributed by atoms with van der Waals surface area (Å²) in [5.41, 5.74) is -0.372. The number of nitro benzene ring substituents is 1. The van der Waals surface area contributed by atoms with Crippen LogP contribution in [-0.4, -0.2) is 24.6 Å². The first-order valence-corrected chi connectivity index (χ1v) is 5.05. The van der Waals surface area contributed by atoms with E-state index in [1.165, 1.54) is 13.2 Å². The highest BCUT2D eigenvalue weighted by Gasteiger charge is 2.21. The zero-order valence-corrected chi connectivity index (χ0v) is 10.1. The summed E-state index contributed by atoms with van der Waals surface area (Å²) in [6.45, 7) is -0.489. The molecule has 0 radical (unpaired) electrons. The standard InChI is InChI=1S/C9H7Cl2NO5/c1-16-7(13)4-17-9-6(12(14)15)3-2-5(10)8(9)11/h2-3H,4H2,1H3. The second kappa shape index (κ2) is 5.70. The Morgan fingerprint density at radius 3 is 2.65 bits per heavy atom. The van der Waals surface area contributed by atoms with E-state index in [2.05, 4.69) is 4.74 Å². The van der Waals surface area contributed by atoms with Crippen molar-refractivity contribution in [3.8, 4) is 5.75 Å². The lowest BCUT2D eigenvalue weighted by atomic mass is 10.3. The average molecular weight is 280 g/mol. The Hall–Kier alpha value is -1.53. The summed E-state index contributed by atoms with van der Waals surface area (Å²) in [4.78, 5) is 20.9.